The molecule has 0 unspecified atom stereocenters. The second-order valence-electron chi connectivity index (χ2n) is 4.84. The van der Waals surface area contributed by atoms with Gasteiger partial charge in [-0.3, -0.25) is 4.79 Å². The molecule has 4 heteroatoms. The van der Waals surface area contributed by atoms with Crippen LogP contribution in [0.25, 0.3) is 0 Å². The molecule has 0 aliphatic rings. The van der Waals surface area contributed by atoms with E-state index in [1.165, 1.54) is 12.1 Å². The summed E-state index contributed by atoms with van der Waals surface area (Å²) in [6.07, 6.45) is 0. The highest BCUT2D eigenvalue weighted by molar-refractivity contribution is 6.05. The van der Waals surface area contributed by atoms with Crippen molar-refractivity contribution in [3.8, 4) is 5.75 Å². The summed E-state index contributed by atoms with van der Waals surface area (Å²) in [4.78, 5) is 12.1. The quantitative estimate of drug-likeness (QED) is 0.876. The average Bonchev–Trinajstić information content (AvgIpc) is 2.42. The topological polar surface area (TPSA) is 49.3 Å². The number of phenolic OH excluding ortho intramolecular Hbond substituents is 1. The van der Waals surface area contributed by atoms with Crippen LogP contribution >= 0.6 is 0 Å². The first kappa shape index (κ1) is 14.1. The number of aromatic hydroxyl groups is 1. The van der Waals surface area contributed by atoms with Crippen molar-refractivity contribution >= 4 is 11.6 Å². The largest absolute Gasteiger partial charge is 0.507 e. The van der Waals surface area contributed by atoms with Gasteiger partial charge in [-0.2, -0.15) is 0 Å². The van der Waals surface area contributed by atoms with Gasteiger partial charge in [0.05, 0.1) is 5.56 Å². The number of carbonyl (C=O) groups excluding carboxylic acids is 1. The molecule has 0 aliphatic carbocycles. The maximum Gasteiger partial charge on any atom is 0.258 e. The van der Waals surface area contributed by atoms with E-state index in [1.54, 1.807) is 39.0 Å². The van der Waals surface area contributed by atoms with Crippen molar-refractivity contribution in [1.29, 1.82) is 0 Å². The Morgan fingerprint density at radius 2 is 1.85 bits per heavy atom. The summed E-state index contributed by atoms with van der Waals surface area (Å²) in [5.74, 6) is -0.966. The SMILES string of the molecule is Cc1ccc(F)c(C(=O)Nc2ccc(C)c(O)c2C)c1. The van der Waals surface area contributed by atoms with Gasteiger partial charge in [0.1, 0.15) is 11.6 Å². The Labute approximate surface area is 117 Å². The number of aryl methyl sites for hydroxylation is 2. The van der Waals surface area contributed by atoms with E-state index in [0.717, 1.165) is 11.1 Å². The standard InChI is InChI=1S/C16H16FNO2/c1-9-4-6-13(17)12(8-9)16(20)18-14-7-5-10(2)15(19)11(14)3/h4-8,19H,1-3H3,(H,18,20). The second-order valence-corrected chi connectivity index (χ2v) is 4.84. The highest BCUT2D eigenvalue weighted by Gasteiger charge is 2.14. The van der Waals surface area contributed by atoms with Crippen LogP contribution in [-0.2, 0) is 0 Å². The van der Waals surface area contributed by atoms with E-state index in [9.17, 15) is 14.3 Å². The van der Waals surface area contributed by atoms with Crippen molar-refractivity contribution in [2.24, 2.45) is 0 Å². The van der Waals surface area contributed by atoms with Crippen LogP contribution in [0.15, 0.2) is 30.3 Å². The van der Waals surface area contributed by atoms with Gasteiger partial charge in [-0.25, -0.2) is 4.39 Å². The number of carbonyl (C=O) groups is 1. The lowest BCUT2D eigenvalue weighted by atomic mass is 10.1. The maximum absolute atomic E-state index is 13.7. The predicted octanol–water partition coefficient (Wildman–Crippen LogP) is 3.71. The van der Waals surface area contributed by atoms with E-state index >= 15 is 0 Å². The van der Waals surface area contributed by atoms with Crippen molar-refractivity contribution in [2.45, 2.75) is 20.8 Å². The van der Waals surface area contributed by atoms with Gasteiger partial charge in [-0.15, -0.1) is 0 Å². The lowest BCUT2D eigenvalue weighted by molar-refractivity contribution is 0.102. The molecule has 2 aromatic carbocycles. The van der Waals surface area contributed by atoms with Gasteiger partial charge in [0.25, 0.3) is 5.91 Å². The zero-order valence-corrected chi connectivity index (χ0v) is 11.6. The molecule has 0 bridgehead atoms. The Morgan fingerprint density at radius 3 is 2.55 bits per heavy atom. The van der Waals surface area contributed by atoms with Gasteiger partial charge in [0, 0.05) is 11.3 Å². The van der Waals surface area contributed by atoms with Gasteiger partial charge < -0.3 is 10.4 Å². The van der Waals surface area contributed by atoms with E-state index in [0.29, 0.717) is 11.3 Å². The number of anilines is 1. The molecule has 0 atom stereocenters. The minimum atomic E-state index is -0.568. The fraction of sp³-hybridized carbons (Fsp3) is 0.188. The molecule has 0 aromatic heterocycles. The van der Waals surface area contributed by atoms with E-state index < -0.39 is 11.7 Å². The summed E-state index contributed by atoms with van der Waals surface area (Å²) in [7, 11) is 0. The zero-order chi connectivity index (χ0) is 14.9. The fourth-order valence-electron chi connectivity index (χ4n) is 1.97. The van der Waals surface area contributed by atoms with E-state index in [4.69, 9.17) is 0 Å². The normalized spacial score (nSPS) is 10.4. The monoisotopic (exact) mass is 273 g/mol. The minimum absolute atomic E-state index is 0.00975. The van der Waals surface area contributed by atoms with Crippen molar-refractivity contribution in [2.75, 3.05) is 5.32 Å². The number of nitrogens with one attached hydrogen (secondary N) is 1. The smallest absolute Gasteiger partial charge is 0.258 e. The number of hydrogen-bond acceptors (Lipinski definition) is 2. The molecule has 0 saturated carbocycles. The third-order valence-electron chi connectivity index (χ3n) is 3.25. The first-order chi connectivity index (χ1) is 9.40. The van der Waals surface area contributed by atoms with Gasteiger partial charge in [-0.1, -0.05) is 17.7 Å². The van der Waals surface area contributed by atoms with Gasteiger partial charge in [0.15, 0.2) is 0 Å². The molecule has 2 rings (SSSR count). The number of halogens is 1. The molecule has 2 aromatic rings. The van der Waals surface area contributed by atoms with E-state index in [1.807, 2.05) is 0 Å². The minimum Gasteiger partial charge on any atom is -0.507 e. The molecule has 0 saturated heterocycles. The molecular weight excluding hydrogens is 257 g/mol. The van der Waals surface area contributed by atoms with Crippen LogP contribution in [-0.4, -0.2) is 11.0 Å². The van der Waals surface area contributed by atoms with Crippen LogP contribution in [0, 0.1) is 26.6 Å². The van der Waals surface area contributed by atoms with Crippen molar-refractivity contribution in [3.63, 3.8) is 0 Å². The number of amides is 1. The maximum atomic E-state index is 13.7. The number of phenols is 1. The van der Waals surface area contributed by atoms with Crippen molar-refractivity contribution < 1.29 is 14.3 Å². The van der Waals surface area contributed by atoms with Crippen molar-refractivity contribution in [3.05, 3.63) is 58.4 Å². The van der Waals surface area contributed by atoms with Gasteiger partial charge in [-0.05, 0) is 44.5 Å². The second kappa shape index (κ2) is 5.33. The van der Waals surface area contributed by atoms with Gasteiger partial charge >= 0.3 is 0 Å². The van der Waals surface area contributed by atoms with E-state index in [-0.39, 0.29) is 11.3 Å². The molecule has 0 spiro atoms. The summed E-state index contributed by atoms with van der Waals surface area (Å²) >= 11 is 0. The Bertz CT molecular complexity index is 680. The Hall–Kier alpha value is -2.36. The van der Waals surface area contributed by atoms with Crippen LogP contribution in [0.1, 0.15) is 27.0 Å². The molecule has 20 heavy (non-hydrogen) atoms. The number of benzene rings is 2. The lowest BCUT2D eigenvalue weighted by Crippen LogP contribution is -2.14. The molecule has 1 amide bonds. The third kappa shape index (κ3) is 2.64. The highest BCUT2D eigenvalue weighted by atomic mass is 19.1. The molecule has 0 aliphatic heterocycles. The van der Waals surface area contributed by atoms with Crippen LogP contribution in [0.4, 0.5) is 10.1 Å². The molecular formula is C16H16FNO2. The first-order valence-electron chi connectivity index (χ1n) is 6.27. The van der Waals surface area contributed by atoms with Gasteiger partial charge in [0.2, 0.25) is 0 Å². The van der Waals surface area contributed by atoms with E-state index in [2.05, 4.69) is 5.32 Å². The Morgan fingerprint density at radius 1 is 1.15 bits per heavy atom. The Balaban J connectivity index is 2.33. The molecule has 0 fully saturated rings. The average molecular weight is 273 g/mol. The summed E-state index contributed by atoms with van der Waals surface area (Å²) < 4.78 is 13.7. The Kier molecular flexibility index (Phi) is 3.74. The third-order valence-corrected chi connectivity index (χ3v) is 3.25. The molecule has 2 N–H and O–H groups in total. The summed E-state index contributed by atoms with van der Waals surface area (Å²) in [6, 6.07) is 7.76. The predicted molar refractivity (Wildman–Crippen MR) is 76.7 cm³/mol. The number of hydrogen-bond donors (Lipinski definition) is 2. The van der Waals surface area contributed by atoms with Crippen LogP contribution < -0.4 is 5.32 Å². The summed E-state index contributed by atoms with van der Waals surface area (Å²) in [6.45, 7) is 5.26. The molecule has 0 heterocycles. The summed E-state index contributed by atoms with van der Waals surface area (Å²) in [5.41, 5.74) is 2.55. The van der Waals surface area contributed by atoms with Crippen LogP contribution in [0.3, 0.4) is 0 Å². The first-order valence-corrected chi connectivity index (χ1v) is 6.27. The van der Waals surface area contributed by atoms with Crippen LogP contribution in [0.2, 0.25) is 0 Å². The summed E-state index contributed by atoms with van der Waals surface area (Å²) in [5, 5.41) is 12.5. The highest BCUT2D eigenvalue weighted by Crippen LogP contribution is 2.28. The molecule has 3 nitrogen and oxygen atoms in total. The fourth-order valence-corrected chi connectivity index (χ4v) is 1.97. The number of rotatable bonds is 2. The molecule has 0 radical (unpaired) electrons. The zero-order valence-electron chi connectivity index (χ0n) is 11.6. The van der Waals surface area contributed by atoms with Crippen LogP contribution in [0.5, 0.6) is 5.75 Å². The lowest BCUT2D eigenvalue weighted by Gasteiger charge is -2.12. The molecule has 104 valence electrons. The van der Waals surface area contributed by atoms with Crippen molar-refractivity contribution in [1.82, 2.24) is 0 Å².